The van der Waals surface area contributed by atoms with Gasteiger partial charge >= 0.3 is 0 Å². The standard InChI is InChI=1S/C28H23BrN2OS.C4H8/c1-19-15-23(28(32)31-18-21-7-6-14-30-17-21)12-13-26(19)33-27-11-4-3-10-25(27)20(2)22-8-5-9-24(29)16-22;1-3-4-2/h3-17H,2,18H2,1H3,(H,31,32);3-4H,1-2H3/b;4-3-. The lowest BCUT2D eigenvalue weighted by Crippen LogP contribution is -2.22. The molecule has 0 radical (unpaired) electrons. The highest BCUT2D eigenvalue weighted by molar-refractivity contribution is 9.10. The molecule has 1 aromatic heterocycles. The Morgan fingerprint density at radius 3 is 2.41 bits per heavy atom. The number of carbonyl (C=O) groups is 1. The molecule has 0 spiro atoms. The number of aryl methyl sites for hydroxylation is 1. The normalized spacial score (nSPS) is 10.5. The van der Waals surface area contributed by atoms with Crippen molar-refractivity contribution in [2.45, 2.75) is 37.1 Å². The molecule has 0 bridgehead atoms. The molecule has 0 atom stereocenters. The van der Waals surface area contributed by atoms with Gasteiger partial charge in [0.15, 0.2) is 0 Å². The van der Waals surface area contributed by atoms with Gasteiger partial charge in [0.25, 0.3) is 5.91 Å². The number of nitrogens with one attached hydrogen (secondary N) is 1. The lowest BCUT2D eigenvalue weighted by atomic mass is 10.00. The number of amides is 1. The van der Waals surface area contributed by atoms with E-state index in [9.17, 15) is 4.79 Å². The quantitative estimate of drug-likeness (QED) is 0.225. The molecule has 37 heavy (non-hydrogen) atoms. The Kier molecular flexibility index (Phi) is 10.9. The van der Waals surface area contributed by atoms with Gasteiger partial charge in [-0.2, -0.15) is 0 Å². The van der Waals surface area contributed by atoms with Crippen LogP contribution in [-0.4, -0.2) is 10.9 Å². The van der Waals surface area contributed by atoms with E-state index in [1.165, 1.54) is 0 Å². The van der Waals surface area contributed by atoms with Gasteiger partial charge in [0.1, 0.15) is 0 Å². The Balaban J connectivity index is 0.000000886. The minimum absolute atomic E-state index is 0.0954. The maximum atomic E-state index is 12.6. The maximum absolute atomic E-state index is 12.6. The van der Waals surface area contributed by atoms with Gasteiger partial charge in [-0.3, -0.25) is 9.78 Å². The third-order valence-electron chi connectivity index (χ3n) is 5.55. The molecule has 3 aromatic carbocycles. The number of hydrogen-bond acceptors (Lipinski definition) is 3. The molecule has 1 amide bonds. The van der Waals surface area contributed by atoms with Crippen LogP contribution in [0.2, 0.25) is 0 Å². The van der Waals surface area contributed by atoms with Crippen LogP contribution in [0.5, 0.6) is 0 Å². The smallest absolute Gasteiger partial charge is 0.251 e. The second-order valence-corrected chi connectivity index (χ2v) is 10.3. The van der Waals surface area contributed by atoms with E-state index in [-0.39, 0.29) is 5.91 Å². The number of benzene rings is 3. The molecule has 0 aliphatic rings. The van der Waals surface area contributed by atoms with E-state index in [0.29, 0.717) is 12.1 Å². The zero-order valence-corrected chi connectivity index (χ0v) is 23.8. The Hall–Kier alpha value is -3.41. The average Bonchev–Trinajstić information content (AvgIpc) is 2.93. The van der Waals surface area contributed by atoms with Gasteiger partial charge in [-0.25, -0.2) is 0 Å². The van der Waals surface area contributed by atoms with Crippen LogP contribution in [0.15, 0.2) is 124 Å². The first-order chi connectivity index (χ1) is 17.9. The van der Waals surface area contributed by atoms with Gasteiger partial charge < -0.3 is 5.32 Å². The summed E-state index contributed by atoms with van der Waals surface area (Å²) in [6, 6.07) is 26.1. The number of hydrogen-bond donors (Lipinski definition) is 1. The Morgan fingerprint density at radius 1 is 0.946 bits per heavy atom. The van der Waals surface area contributed by atoms with Crippen molar-refractivity contribution in [3.63, 3.8) is 0 Å². The topological polar surface area (TPSA) is 42.0 Å². The van der Waals surface area contributed by atoms with Gasteiger partial charge in [0, 0.05) is 38.8 Å². The van der Waals surface area contributed by atoms with Gasteiger partial charge in [-0.1, -0.05) is 82.8 Å². The molecule has 0 saturated carbocycles. The summed E-state index contributed by atoms with van der Waals surface area (Å²) in [5.41, 5.74) is 5.82. The number of halogens is 1. The van der Waals surface area contributed by atoms with E-state index >= 15 is 0 Å². The first kappa shape index (κ1) is 28.2. The molecule has 188 valence electrons. The minimum Gasteiger partial charge on any atom is -0.348 e. The number of aromatic nitrogens is 1. The van der Waals surface area contributed by atoms with Gasteiger partial charge in [0.2, 0.25) is 0 Å². The molecule has 4 rings (SSSR count). The fraction of sp³-hybridized carbons (Fsp3) is 0.125. The van der Waals surface area contributed by atoms with Gasteiger partial charge in [-0.15, -0.1) is 0 Å². The minimum atomic E-state index is -0.0954. The summed E-state index contributed by atoms with van der Waals surface area (Å²) in [6.07, 6.45) is 7.47. The van der Waals surface area contributed by atoms with E-state index < -0.39 is 0 Å². The highest BCUT2D eigenvalue weighted by Crippen LogP contribution is 2.37. The summed E-state index contributed by atoms with van der Waals surface area (Å²) in [6.45, 7) is 10.8. The molecule has 5 heteroatoms. The average molecular weight is 572 g/mol. The molecule has 0 saturated heterocycles. The highest BCUT2D eigenvalue weighted by Gasteiger charge is 2.13. The summed E-state index contributed by atoms with van der Waals surface area (Å²) in [5, 5.41) is 2.96. The molecular formula is C32H31BrN2OS. The van der Waals surface area contributed by atoms with Crippen molar-refractivity contribution in [2.75, 3.05) is 0 Å². The number of pyridine rings is 1. The molecule has 1 heterocycles. The van der Waals surface area contributed by atoms with Crippen molar-refractivity contribution in [1.82, 2.24) is 10.3 Å². The Morgan fingerprint density at radius 2 is 1.73 bits per heavy atom. The summed E-state index contributed by atoms with van der Waals surface area (Å²) >= 11 is 5.23. The molecule has 0 aliphatic heterocycles. The molecular weight excluding hydrogens is 540 g/mol. The van der Waals surface area contributed by atoms with Crippen LogP contribution in [0.4, 0.5) is 0 Å². The third-order valence-corrected chi connectivity index (χ3v) is 7.30. The van der Waals surface area contributed by atoms with Crippen LogP contribution in [0, 0.1) is 6.92 Å². The number of rotatable bonds is 7. The van der Waals surface area contributed by atoms with E-state index in [1.54, 1.807) is 24.2 Å². The van der Waals surface area contributed by atoms with Gasteiger partial charge in [-0.05, 0) is 91.1 Å². The van der Waals surface area contributed by atoms with Crippen LogP contribution >= 0.6 is 27.7 Å². The summed E-state index contributed by atoms with van der Waals surface area (Å²) in [5.74, 6) is -0.0954. The van der Waals surface area contributed by atoms with Crippen molar-refractivity contribution in [2.24, 2.45) is 0 Å². The molecule has 3 nitrogen and oxygen atoms in total. The molecule has 1 N–H and O–H groups in total. The fourth-order valence-electron chi connectivity index (χ4n) is 3.45. The third kappa shape index (κ3) is 8.31. The van der Waals surface area contributed by atoms with Crippen LogP contribution in [0.3, 0.4) is 0 Å². The van der Waals surface area contributed by atoms with E-state index in [0.717, 1.165) is 42.1 Å². The van der Waals surface area contributed by atoms with E-state index in [2.05, 4.69) is 57.1 Å². The van der Waals surface area contributed by atoms with Crippen molar-refractivity contribution in [1.29, 1.82) is 0 Å². The predicted octanol–water partition coefficient (Wildman–Crippen LogP) is 8.88. The van der Waals surface area contributed by atoms with Crippen molar-refractivity contribution < 1.29 is 4.79 Å². The van der Waals surface area contributed by atoms with Crippen LogP contribution < -0.4 is 5.32 Å². The highest BCUT2D eigenvalue weighted by atomic mass is 79.9. The largest absolute Gasteiger partial charge is 0.348 e. The van der Waals surface area contributed by atoms with Crippen molar-refractivity contribution >= 4 is 39.2 Å². The maximum Gasteiger partial charge on any atom is 0.251 e. The monoisotopic (exact) mass is 570 g/mol. The van der Waals surface area contributed by atoms with Gasteiger partial charge in [0.05, 0.1) is 0 Å². The Labute approximate surface area is 232 Å². The van der Waals surface area contributed by atoms with Crippen LogP contribution in [0.1, 0.15) is 46.5 Å². The van der Waals surface area contributed by atoms with Crippen LogP contribution in [0.25, 0.3) is 5.57 Å². The Bertz CT molecular complexity index is 1380. The van der Waals surface area contributed by atoms with Crippen LogP contribution in [-0.2, 0) is 6.54 Å². The summed E-state index contributed by atoms with van der Waals surface area (Å²) in [7, 11) is 0. The molecule has 4 aromatic rings. The zero-order chi connectivity index (χ0) is 26.6. The molecule has 0 unspecified atom stereocenters. The SMILES string of the molecule is C/C=C\C.C=C(c1cccc(Br)c1)c1ccccc1Sc1ccc(C(=O)NCc2cccnc2)cc1C. The fourth-order valence-corrected chi connectivity index (χ4v) is 4.89. The van der Waals surface area contributed by atoms with E-state index in [1.807, 2.05) is 87.5 Å². The second-order valence-electron chi connectivity index (χ2n) is 8.28. The first-order valence-electron chi connectivity index (χ1n) is 12.0. The summed E-state index contributed by atoms with van der Waals surface area (Å²) in [4.78, 5) is 18.9. The zero-order valence-electron chi connectivity index (χ0n) is 21.4. The summed E-state index contributed by atoms with van der Waals surface area (Å²) < 4.78 is 1.03. The molecule has 0 fully saturated rings. The first-order valence-corrected chi connectivity index (χ1v) is 13.6. The predicted molar refractivity (Wildman–Crippen MR) is 160 cm³/mol. The number of nitrogens with zero attached hydrogens (tertiary/aromatic N) is 1. The van der Waals surface area contributed by atoms with Crippen molar-refractivity contribution in [3.8, 4) is 0 Å². The molecule has 0 aliphatic carbocycles. The van der Waals surface area contributed by atoms with Crippen molar-refractivity contribution in [3.05, 3.63) is 142 Å². The lowest BCUT2D eigenvalue weighted by molar-refractivity contribution is 0.0950. The number of allylic oxidation sites excluding steroid dienone is 2. The number of carbonyl (C=O) groups excluding carboxylic acids is 1. The second kappa shape index (κ2) is 14.4. The van der Waals surface area contributed by atoms with E-state index in [4.69, 9.17) is 0 Å². The lowest BCUT2D eigenvalue weighted by Gasteiger charge is -2.14.